The molecule has 1 saturated carbocycles. The number of aliphatic hydroxyl groups is 3. The molecule has 3 N–H and O–H groups in total. The third-order valence-electron chi connectivity index (χ3n) is 4.22. The van der Waals surface area contributed by atoms with Crippen molar-refractivity contribution in [1.82, 2.24) is 0 Å². The van der Waals surface area contributed by atoms with Crippen molar-refractivity contribution in [2.24, 2.45) is 5.41 Å². The van der Waals surface area contributed by atoms with Crippen LogP contribution in [0.15, 0.2) is 0 Å². The largest absolute Gasteiger partial charge is 0.396 e. The third-order valence-corrected chi connectivity index (χ3v) is 4.22. The Morgan fingerprint density at radius 2 is 1.89 bits per heavy atom. The summed E-state index contributed by atoms with van der Waals surface area (Å²) in [6, 6.07) is 0. The predicted octanol–water partition coefficient (Wildman–Crippen LogP) is 1.47. The van der Waals surface area contributed by atoms with E-state index in [1.807, 2.05) is 27.7 Å². The molecule has 0 spiro atoms. The van der Waals surface area contributed by atoms with E-state index in [2.05, 4.69) is 0 Å². The molecule has 0 heterocycles. The van der Waals surface area contributed by atoms with E-state index in [4.69, 9.17) is 4.74 Å². The number of hydrogen-bond acceptors (Lipinski definition) is 4. The summed E-state index contributed by atoms with van der Waals surface area (Å²) in [5, 5.41) is 29.5. The lowest BCUT2D eigenvalue weighted by atomic mass is 9.61. The van der Waals surface area contributed by atoms with E-state index in [0.717, 1.165) is 12.8 Å². The Hall–Kier alpha value is -0.160. The van der Waals surface area contributed by atoms with Crippen molar-refractivity contribution in [3.8, 4) is 0 Å². The lowest BCUT2D eigenvalue weighted by molar-refractivity contribution is -0.225. The van der Waals surface area contributed by atoms with Crippen molar-refractivity contribution >= 4 is 0 Å². The van der Waals surface area contributed by atoms with Crippen LogP contribution in [0.5, 0.6) is 0 Å². The molecule has 0 bridgehead atoms. The normalized spacial score (nSPS) is 37.8. The second-order valence-electron chi connectivity index (χ2n) is 6.69. The second-order valence-corrected chi connectivity index (χ2v) is 6.69. The van der Waals surface area contributed by atoms with Gasteiger partial charge in [-0.25, -0.2) is 0 Å². The molecular weight excluding hydrogens is 232 g/mol. The maximum absolute atomic E-state index is 10.7. The smallest absolute Gasteiger partial charge is 0.0956 e. The van der Waals surface area contributed by atoms with Crippen molar-refractivity contribution < 1.29 is 20.1 Å². The van der Waals surface area contributed by atoms with Crippen molar-refractivity contribution in [3.05, 3.63) is 0 Å². The first-order valence-corrected chi connectivity index (χ1v) is 6.80. The quantitative estimate of drug-likeness (QED) is 0.716. The molecule has 4 heteroatoms. The molecule has 4 nitrogen and oxygen atoms in total. The molecule has 1 aliphatic rings. The van der Waals surface area contributed by atoms with E-state index in [-0.39, 0.29) is 24.9 Å². The van der Waals surface area contributed by atoms with Crippen LogP contribution < -0.4 is 0 Å². The molecule has 0 amide bonds. The van der Waals surface area contributed by atoms with Gasteiger partial charge >= 0.3 is 0 Å². The third kappa shape index (κ3) is 3.05. The van der Waals surface area contributed by atoms with Crippen molar-refractivity contribution in [2.45, 2.75) is 70.7 Å². The second kappa shape index (κ2) is 5.45. The number of rotatable bonds is 4. The first-order valence-electron chi connectivity index (χ1n) is 6.80. The van der Waals surface area contributed by atoms with Crippen LogP contribution >= 0.6 is 0 Å². The molecule has 0 aromatic carbocycles. The van der Waals surface area contributed by atoms with E-state index >= 15 is 0 Å². The fourth-order valence-corrected chi connectivity index (χ4v) is 2.99. The highest BCUT2D eigenvalue weighted by atomic mass is 16.5. The Kier molecular flexibility index (Phi) is 4.81. The van der Waals surface area contributed by atoms with Crippen molar-refractivity contribution in [3.63, 3.8) is 0 Å². The fraction of sp³-hybridized carbons (Fsp3) is 1.00. The molecule has 0 aliphatic heterocycles. The van der Waals surface area contributed by atoms with Crippen molar-refractivity contribution in [1.29, 1.82) is 0 Å². The molecule has 18 heavy (non-hydrogen) atoms. The van der Waals surface area contributed by atoms with Crippen LogP contribution in [0, 0.1) is 5.41 Å². The summed E-state index contributed by atoms with van der Waals surface area (Å²) in [7, 11) is 0. The summed E-state index contributed by atoms with van der Waals surface area (Å²) in [5.74, 6) is 0. The molecule has 0 aromatic heterocycles. The molecule has 0 aromatic rings. The standard InChI is InChI=1S/C14H28O4/c1-12(2,3)18-11-6-5-7-14(17,10-16)13(11,4)8-9-15/h11,15-17H,5-10H2,1-4H3/t11-,13+,14+/m0/s1. The summed E-state index contributed by atoms with van der Waals surface area (Å²) >= 11 is 0. The Bertz CT molecular complexity index is 273. The fourth-order valence-electron chi connectivity index (χ4n) is 2.99. The first kappa shape index (κ1) is 15.9. The predicted molar refractivity (Wildman–Crippen MR) is 70.3 cm³/mol. The minimum Gasteiger partial charge on any atom is -0.396 e. The summed E-state index contributed by atoms with van der Waals surface area (Å²) in [6.07, 6.45) is 2.54. The zero-order valence-corrected chi connectivity index (χ0v) is 12.1. The minimum atomic E-state index is -1.16. The van der Waals surface area contributed by atoms with E-state index in [0.29, 0.717) is 12.8 Å². The van der Waals surface area contributed by atoms with Crippen molar-refractivity contribution in [2.75, 3.05) is 13.2 Å². The van der Waals surface area contributed by atoms with E-state index in [1.165, 1.54) is 0 Å². The van der Waals surface area contributed by atoms with Gasteiger partial charge in [0.25, 0.3) is 0 Å². The Balaban J connectivity index is 3.00. The maximum atomic E-state index is 10.7. The molecule has 1 aliphatic carbocycles. The van der Waals surface area contributed by atoms with Gasteiger partial charge in [0.15, 0.2) is 0 Å². The van der Waals surface area contributed by atoms with Gasteiger partial charge in [0, 0.05) is 12.0 Å². The van der Waals surface area contributed by atoms with Gasteiger partial charge in [0.05, 0.1) is 23.9 Å². The van der Waals surface area contributed by atoms with Crippen LogP contribution in [0.25, 0.3) is 0 Å². The maximum Gasteiger partial charge on any atom is 0.0956 e. The van der Waals surface area contributed by atoms with Gasteiger partial charge in [-0.2, -0.15) is 0 Å². The summed E-state index contributed by atoms with van der Waals surface area (Å²) in [6.45, 7) is 7.57. The van der Waals surface area contributed by atoms with E-state index in [1.54, 1.807) is 0 Å². The lowest BCUT2D eigenvalue weighted by Gasteiger charge is -2.53. The molecule has 1 fully saturated rings. The van der Waals surface area contributed by atoms with Crippen LogP contribution in [-0.4, -0.2) is 45.8 Å². The topological polar surface area (TPSA) is 69.9 Å². The molecule has 3 atom stereocenters. The molecule has 108 valence electrons. The average molecular weight is 260 g/mol. The van der Waals surface area contributed by atoms with Crippen LogP contribution in [0.1, 0.15) is 53.4 Å². The van der Waals surface area contributed by atoms with Gasteiger partial charge in [-0.3, -0.25) is 0 Å². The first-order chi connectivity index (χ1) is 8.18. The van der Waals surface area contributed by atoms with Gasteiger partial charge < -0.3 is 20.1 Å². The van der Waals surface area contributed by atoms with Gasteiger partial charge in [-0.1, -0.05) is 6.92 Å². The van der Waals surface area contributed by atoms with E-state index in [9.17, 15) is 15.3 Å². The monoisotopic (exact) mass is 260 g/mol. The summed E-state index contributed by atoms with van der Waals surface area (Å²) in [5.41, 5.74) is -2.07. The molecular formula is C14H28O4. The summed E-state index contributed by atoms with van der Waals surface area (Å²) < 4.78 is 6.06. The molecule has 0 radical (unpaired) electrons. The van der Waals surface area contributed by atoms with Crippen LogP contribution in [0.4, 0.5) is 0 Å². The number of aliphatic hydroxyl groups excluding tert-OH is 2. The van der Waals surface area contributed by atoms with Crippen LogP contribution in [0.3, 0.4) is 0 Å². The number of hydrogen-bond donors (Lipinski definition) is 3. The zero-order valence-electron chi connectivity index (χ0n) is 12.1. The highest BCUT2D eigenvalue weighted by Crippen LogP contribution is 2.48. The Labute approximate surface area is 110 Å². The Morgan fingerprint density at radius 3 is 2.33 bits per heavy atom. The molecule has 0 unspecified atom stereocenters. The highest BCUT2D eigenvalue weighted by molar-refractivity contribution is 5.04. The van der Waals surface area contributed by atoms with Crippen LogP contribution in [-0.2, 0) is 4.74 Å². The number of ether oxygens (including phenoxy) is 1. The molecule has 1 rings (SSSR count). The Morgan fingerprint density at radius 1 is 1.28 bits per heavy atom. The van der Waals surface area contributed by atoms with Gasteiger partial charge in [-0.05, 0) is 46.5 Å². The van der Waals surface area contributed by atoms with Gasteiger partial charge in [-0.15, -0.1) is 0 Å². The zero-order chi connectivity index (χ0) is 14.0. The van der Waals surface area contributed by atoms with Gasteiger partial charge in [0.2, 0.25) is 0 Å². The van der Waals surface area contributed by atoms with Gasteiger partial charge in [0.1, 0.15) is 0 Å². The highest BCUT2D eigenvalue weighted by Gasteiger charge is 2.54. The minimum absolute atomic E-state index is 0.0111. The molecule has 0 saturated heterocycles. The van der Waals surface area contributed by atoms with Crippen LogP contribution in [0.2, 0.25) is 0 Å². The van der Waals surface area contributed by atoms with E-state index < -0.39 is 11.0 Å². The lowest BCUT2D eigenvalue weighted by Crippen LogP contribution is -2.60. The average Bonchev–Trinajstić information content (AvgIpc) is 2.24. The summed E-state index contributed by atoms with van der Waals surface area (Å²) in [4.78, 5) is 0. The SMILES string of the molecule is CC(C)(C)O[C@H]1CCC[C@@](O)(CO)[C@]1(C)CCO.